The van der Waals surface area contributed by atoms with Crippen molar-refractivity contribution in [1.82, 2.24) is 30.4 Å². The molecule has 4 aromatic heterocycles. The molecule has 5 rings (SSSR count). The van der Waals surface area contributed by atoms with Gasteiger partial charge in [0.05, 0.1) is 38.4 Å². The highest BCUT2D eigenvalue weighted by atomic mass is 32.1. The summed E-state index contributed by atoms with van der Waals surface area (Å²) in [4.78, 5) is 33.6. The number of nitrogens with one attached hydrogen (secondary N) is 2. The van der Waals surface area contributed by atoms with Crippen LogP contribution in [0.25, 0.3) is 0 Å². The van der Waals surface area contributed by atoms with E-state index in [2.05, 4.69) is 41.0 Å². The molecule has 2 unspecified atom stereocenters. The van der Waals surface area contributed by atoms with Crippen LogP contribution in [-0.2, 0) is 22.4 Å². The summed E-state index contributed by atoms with van der Waals surface area (Å²) < 4.78 is 10.8. The fraction of sp³-hybridized carbons (Fsp3) is 0.429. The molecule has 1 fully saturated rings. The molecule has 2 atom stereocenters. The number of amides is 2. The number of ether oxygens (including phenoxy) is 2. The molecule has 0 radical (unpaired) electrons. The van der Waals surface area contributed by atoms with Crippen LogP contribution in [-0.4, -0.2) is 55.4 Å². The van der Waals surface area contributed by atoms with Crippen molar-refractivity contribution in [2.24, 2.45) is 0 Å². The van der Waals surface area contributed by atoms with Gasteiger partial charge in [-0.2, -0.15) is 0 Å². The number of hydrogen-bond donors (Lipinski definition) is 2. The van der Waals surface area contributed by atoms with Gasteiger partial charge in [0.25, 0.3) is 0 Å². The zero-order chi connectivity index (χ0) is 29.3. The molecule has 14 heteroatoms. The monoisotopic (exact) mass is 608 g/mol. The second-order valence-electron chi connectivity index (χ2n) is 9.74. The summed E-state index contributed by atoms with van der Waals surface area (Å²) >= 11 is 2.81. The fourth-order valence-electron chi connectivity index (χ4n) is 4.73. The Morgan fingerprint density at radius 3 is 1.64 bits per heavy atom. The molecular weight excluding hydrogens is 576 g/mol. The minimum Gasteiger partial charge on any atom is -0.492 e. The van der Waals surface area contributed by atoms with E-state index < -0.39 is 0 Å². The van der Waals surface area contributed by atoms with Gasteiger partial charge in [-0.25, -0.2) is 0 Å². The first-order valence-corrected chi connectivity index (χ1v) is 15.5. The van der Waals surface area contributed by atoms with Crippen molar-refractivity contribution >= 4 is 44.8 Å². The molecule has 0 aliphatic heterocycles. The first kappa shape index (κ1) is 29.5. The number of pyridine rings is 2. The molecule has 2 amide bonds. The average molecular weight is 609 g/mol. The van der Waals surface area contributed by atoms with E-state index in [1.807, 2.05) is 13.8 Å². The first-order valence-electron chi connectivity index (χ1n) is 13.9. The van der Waals surface area contributed by atoms with Crippen LogP contribution >= 0.6 is 22.7 Å². The van der Waals surface area contributed by atoms with Crippen molar-refractivity contribution in [2.75, 3.05) is 23.8 Å². The number of carbonyl (C=O) groups excluding carboxylic acids is 2. The number of carbonyl (C=O) groups is 2. The molecule has 1 aliphatic carbocycles. The van der Waals surface area contributed by atoms with Gasteiger partial charge in [0, 0.05) is 23.2 Å². The molecule has 12 nitrogen and oxygen atoms in total. The molecule has 220 valence electrons. The normalized spacial score (nSPS) is 16.5. The van der Waals surface area contributed by atoms with Crippen LogP contribution in [0.3, 0.4) is 0 Å². The fourth-order valence-corrected chi connectivity index (χ4v) is 6.54. The number of rotatable bonds is 12. The second kappa shape index (κ2) is 14.2. The van der Waals surface area contributed by atoms with Gasteiger partial charge in [0.2, 0.25) is 22.1 Å². The van der Waals surface area contributed by atoms with Crippen LogP contribution in [0.2, 0.25) is 0 Å². The highest BCUT2D eigenvalue weighted by Gasteiger charge is 2.29. The minimum atomic E-state index is -0.197. The molecule has 42 heavy (non-hydrogen) atoms. The van der Waals surface area contributed by atoms with Crippen molar-refractivity contribution in [2.45, 2.75) is 64.2 Å². The maximum atomic E-state index is 12.5. The maximum absolute atomic E-state index is 12.5. The summed E-state index contributed by atoms with van der Waals surface area (Å²) in [6.07, 6.45) is 7.37. The van der Waals surface area contributed by atoms with Crippen molar-refractivity contribution in [1.29, 1.82) is 0 Å². The molecule has 0 bridgehead atoms. The summed E-state index contributed by atoms with van der Waals surface area (Å²) in [5.41, 5.74) is 1.30. The van der Waals surface area contributed by atoms with Crippen LogP contribution in [0.5, 0.6) is 11.5 Å². The van der Waals surface area contributed by atoms with E-state index in [4.69, 9.17) is 9.47 Å². The van der Waals surface area contributed by atoms with Crippen LogP contribution in [0.15, 0.2) is 36.7 Å². The molecular formula is C28H32N8O4S2. The maximum Gasteiger partial charge on any atom is 0.232 e. The van der Waals surface area contributed by atoms with Crippen molar-refractivity contribution in [3.05, 3.63) is 58.1 Å². The lowest BCUT2D eigenvalue weighted by Gasteiger charge is -2.25. The van der Waals surface area contributed by atoms with Gasteiger partial charge < -0.3 is 20.1 Å². The lowest BCUT2D eigenvalue weighted by Crippen LogP contribution is -2.15. The highest BCUT2D eigenvalue weighted by molar-refractivity contribution is 7.15. The largest absolute Gasteiger partial charge is 0.492 e. The van der Waals surface area contributed by atoms with E-state index in [-0.39, 0.29) is 36.5 Å². The third-order valence-electron chi connectivity index (χ3n) is 6.65. The van der Waals surface area contributed by atoms with Gasteiger partial charge >= 0.3 is 0 Å². The molecule has 4 aromatic rings. The first-order chi connectivity index (χ1) is 20.5. The van der Waals surface area contributed by atoms with Gasteiger partial charge in [-0.05, 0) is 57.4 Å². The van der Waals surface area contributed by atoms with Crippen molar-refractivity contribution < 1.29 is 19.1 Å². The average Bonchev–Trinajstić information content (AvgIpc) is 3.65. The van der Waals surface area contributed by atoms with Gasteiger partial charge in [0.1, 0.15) is 21.5 Å². The van der Waals surface area contributed by atoms with Crippen LogP contribution in [0.4, 0.5) is 10.3 Å². The third kappa shape index (κ3) is 8.03. The lowest BCUT2D eigenvalue weighted by atomic mass is 9.82. The van der Waals surface area contributed by atoms with E-state index in [1.165, 1.54) is 22.7 Å². The molecule has 1 saturated carbocycles. The lowest BCUT2D eigenvalue weighted by molar-refractivity contribution is -0.116. The Hall–Kier alpha value is -4.04. The molecule has 1 aliphatic rings. The van der Waals surface area contributed by atoms with E-state index in [1.54, 1.807) is 36.7 Å². The molecule has 2 N–H and O–H groups in total. The van der Waals surface area contributed by atoms with Gasteiger partial charge in [0.15, 0.2) is 0 Å². The molecule has 0 aromatic carbocycles. The SMILES string of the molecule is CCOc1ccc(CC(=O)Nc2nnc(C3CCCC(c4nnc(NC(=O)Cc5ccc(OCC)cn5)s4)C3)s2)nc1. The van der Waals surface area contributed by atoms with Gasteiger partial charge in [-0.15, -0.1) is 20.4 Å². The Bertz CT molecular complexity index is 1370. The Balaban J connectivity index is 1.11. The Morgan fingerprint density at radius 2 is 1.24 bits per heavy atom. The number of nitrogens with zero attached hydrogens (tertiary/aromatic N) is 6. The van der Waals surface area contributed by atoms with Crippen molar-refractivity contribution in [3.8, 4) is 11.5 Å². The Labute approximate surface area is 251 Å². The number of hydrogen-bond acceptors (Lipinski definition) is 12. The molecule has 0 saturated heterocycles. The predicted molar refractivity (Wildman–Crippen MR) is 159 cm³/mol. The predicted octanol–water partition coefficient (Wildman–Crippen LogP) is 4.78. The number of aromatic nitrogens is 6. The summed E-state index contributed by atoms with van der Waals surface area (Å²) in [6.45, 7) is 4.94. The van der Waals surface area contributed by atoms with E-state index >= 15 is 0 Å². The summed E-state index contributed by atoms with van der Waals surface area (Å²) in [6, 6.07) is 7.16. The molecule has 4 heterocycles. The van der Waals surface area contributed by atoms with Gasteiger partial charge in [-0.1, -0.05) is 29.1 Å². The van der Waals surface area contributed by atoms with Crippen LogP contribution in [0.1, 0.15) is 72.8 Å². The summed E-state index contributed by atoms with van der Waals surface area (Å²) in [5.74, 6) is 1.39. The van der Waals surface area contributed by atoms with Gasteiger partial charge in [-0.3, -0.25) is 19.6 Å². The Morgan fingerprint density at radius 1 is 0.762 bits per heavy atom. The standard InChI is InChI=1S/C28H32N8O4S2/c1-3-39-21-10-8-19(29-15-21)13-23(37)31-27-35-33-25(41-27)17-6-5-7-18(12-17)26-34-36-28(42-26)32-24(38)14-20-9-11-22(16-30-20)40-4-2/h8-11,15-18H,3-7,12-14H2,1-2H3,(H,31,35,37)(H,32,36,38). The zero-order valence-electron chi connectivity index (χ0n) is 23.4. The number of anilines is 2. The Kier molecular flexibility index (Phi) is 9.98. The minimum absolute atomic E-state index is 0.138. The quantitative estimate of drug-likeness (QED) is 0.230. The molecule has 0 spiro atoms. The zero-order valence-corrected chi connectivity index (χ0v) is 25.0. The second-order valence-corrected chi connectivity index (χ2v) is 11.8. The van der Waals surface area contributed by atoms with Crippen LogP contribution in [0, 0.1) is 0 Å². The van der Waals surface area contributed by atoms with E-state index in [0.717, 1.165) is 35.7 Å². The van der Waals surface area contributed by atoms with E-state index in [9.17, 15) is 9.59 Å². The third-order valence-corrected chi connectivity index (χ3v) is 8.65. The van der Waals surface area contributed by atoms with Crippen molar-refractivity contribution in [3.63, 3.8) is 0 Å². The van der Waals surface area contributed by atoms with Crippen LogP contribution < -0.4 is 20.1 Å². The van der Waals surface area contributed by atoms with E-state index in [0.29, 0.717) is 46.4 Å². The topological polar surface area (TPSA) is 154 Å². The summed E-state index contributed by atoms with van der Waals surface area (Å²) in [7, 11) is 0. The highest BCUT2D eigenvalue weighted by Crippen LogP contribution is 2.43. The summed E-state index contributed by atoms with van der Waals surface area (Å²) in [5, 5.41) is 25.6. The smallest absolute Gasteiger partial charge is 0.232 e.